The Morgan fingerprint density at radius 2 is 1.73 bits per heavy atom. The summed E-state index contributed by atoms with van der Waals surface area (Å²) >= 11 is 2.10. The van der Waals surface area contributed by atoms with Crippen LogP contribution in [0.25, 0.3) is 6.08 Å². The van der Waals surface area contributed by atoms with Gasteiger partial charge in [-0.1, -0.05) is 6.07 Å². The molecule has 7 nitrogen and oxygen atoms in total. The standard InChI is InChI=1S/C22H21IN2O5/c1-5-30-19-17(23)10-14(11-18(19)29-4)9-16-20(26)24-22(28)25(21(16)27)15-7-12(2)6-13(3)8-15/h6-11H,5H2,1-4H3,(H,24,26,28). The predicted octanol–water partition coefficient (Wildman–Crippen LogP) is 3.98. The van der Waals surface area contributed by atoms with Gasteiger partial charge in [-0.15, -0.1) is 0 Å². The average Bonchev–Trinajstić information content (AvgIpc) is 2.66. The lowest BCUT2D eigenvalue weighted by Gasteiger charge is -2.27. The maximum atomic E-state index is 13.1. The van der Waals surface area contributed by atoms with E-state index in [1.807, 2.05) is 26.8 Å². The Morgan fingerprint density at radius 3 is 2.33 bits per heavy atom. The van der Waals surface area contributed by atoms with E-state index in [0.717, 1.165) is 19.6 Å². The Labute approximate surface area is 188 Å². The van der Waals surface area contributed by atoms with E-state index in [1.54, 1.807) is 24.3 Å². The van der Waals surface area contributed by atoms with Gasteiger partial charge in [0.05, 0.1) is 23.0 Å². The van der Waals surface area contributed by atoms with Crippen LogP contribution in [0.4, 0.5) is 10.5 Å². The predicted molar refractivity (Wildman–Crippen MR) is 122 cm³/mol. The summed E-state index contributed by atoms with van der Waals surface area (Å²) in [5.41, 5.74) is 2.65. The van der Waals surface area contributed by atoms with E-state index in [2.05, 4.69) is 27.9 Å². The zero-order valence-corrected chi connectivity index (χ0v) is 19.2. The van der Waals surface area contributed by atoms with Gasteiger partial charge in [-0.2, -0.15) is 0 Å². The van der Waals surface area contributed by atoms with Crippen LogP contribution in [0.15, 0.2) is 35.9 Å². The molecule has 0 unspecified atom stereocenters. The molecule has 0 radical (unpaired) electrons. The Bertz CT molecular complexity index is 1060. The number of nitrogens with one attached hydrogen (secondary N) is 1. The second-order valence-corrected chi connectivity index (χ2v) is 7.93. The molecule has 1 aliphatic heterocycles. The minimum absolute atomic E-state index is 0.143. The molecule has 3 rings (SSSR count). The number of methoxy groups -OCH3 is 1. The van der Waals surface area contributed by atoms with Crippen LogP contribution in [0.3, 0.4) is 0 Å². The Morgan fingerprint density at radius 1 is 1.07 bits per heavy atom. The molecule has 0 saturated carbocycles. The van der Waals surface area contributed by atoms with Gasteiger partial charge in [0.2, 0.25) is 0 Å². The summed E-state index contributed by atoms with van der Waals surface area (Å²) in [6.07, 6.45) is 1.44. The van der Waals surface area contributed by atoms with E-state index < -0.39 is 17.8 Å². The van der Waals surface area contributed by atoms with Crippen molar-refractivity contribution in [1.82, 2.24) is 5.32 Å². The molecule has 1 N–H and O–H groups in total. The summed E-state index contributed by atoms with van der Waals surface area (Å²) in [5, 5.41) is 2.24. The van der Waals surface area contributed by atoms with Gasteiger partial charge in [0.15, 0.2) is 11.5 Å². The van der Waals surface area contributed by atoms with Gasteiger partial charge >= 0.3 is 6.03 Å². The quantitative estimate of drug-likeness (QED) is 0.367. The summed E-state index contributed by atoms with van der Waals surface area (Å²) in [5.74, 6) is -0.346. The number of ether oxygens (including phenoxy) is 2. The summed E-state index contributed by atoms with van der Waals surface area (Å²) in [4.78, 5) is 38.9. The number of amides is 4. The average molecular weight is 520 g/mol. The van der Waals surface area contributed by atoms with Crippen LogP contribution >= 0.6 is 22.6 Å². The molecule has 4 amide bonds. The number of hydrogen-bond acceptors (Lipinski definition) is 5. The molecule has 1 aliphatic rings. The van der Waals surface area contributed by atoms with Gasteiger partial charge < -0.3 is 9.47 Å². The third-order valence-electron chi connectivity index (χ3n) is 4.42. The van der Waals surface area contributed by atoms with Gasteiger partial charge in [-0.3, -0.25) is 14.9 Å². The smallest absolute Gasteiger partial charge is 0.335 e. The first-order valence-electron chi connectivity index (χ1n) is 9.25. The Kier molecular flexibility index (Phi) is 6.45. The molecule has 30 heavy (non-hydrogen) atoms. The Balaban J connectivity index is 2.05. The van der Waals surface area contributed by atoms with Crippen LogP contribution in [-0.4, -0.2) is 31.6 Å². The zero-order valence-electron chi connectivity index (χ0n) is 17.0. The van der Waals surface area contributed by atoms with E-state index in [9.17, 15) is 14.4 Å². The molecular weight excluding hydrogens is 499 g/mol. The summed E-state index contributed by atoms with van der Waals surface area (Å²) in [7, 11) is 1.52. The van der Waals surface area contributed by atoms with Crippen molar-refractivity contribution in [3.05, 3.63) is 56.2 Å². The molecule has 1 fully saturated rings. The molecule has 1 saturated heterocycles. The number of carbonyl (C=O) groups is 3. The van der Waals surface area contributed by atoms with Crippen LogP contribution in [0.5, 0.6) is 11.5 Å². The fourth-order valence-corrected chi connectivity index (χ4v) is 4.03. The monoisotopic (exact) mass is 520 g/mol. The fourth-order valence-electron chi connectivity index (χ4n) is 3.25. The molecule has 1 heterocycles. The molecule has 2 aromatic rings. The Hall–Kier alpha value is -2.88. The lowest BCUT2D eigenvalue weighted by molar-refractivity contribution is -0.122. The number of carbonyl (C=O) groups excluding carboxylic acids is 3. The first kappa shape index (κ1) is 21.8. The van der Waals surface area contributed by atoms with Crippen molar-refractivity contribution in [3.63, 3.8) is 0 Å². The minimum Gasteiger partial charge on any atom is -0.493 e. The number of halogens is 1. The molecule has 0 atom stereocenters. The lowest BCUT2D eigenvalue weighted by Crippen LogP contribution is -2.54. The van der Waals surface area contributed by atoms with Crippen LogP contribution < -0.4 is 19.7 Å². The third kappa shape index (κ3) is 4.33. The number of hydrogen-bond donors (Lipinski definition) is 1. The van der Waals surface area contributed by atoms with Gasteiger partial charge in [0, 0.05) is 0 Å². The first-order chi connectivity index (χ1) is 14.2. The van der Waals surface area contributed by atoms with E-state index in [4.69, 9.17) is 9.47 Å². The zero-order chi connectivity index (χ0) is 22.0. The topological polar surface area (TPSA) is 84.9 Å². The number of urea groups is 1. The second-order valence-electron chi connectivity index (χ2n) is 6.77. The van der Waals surface area contributed by atoms with Crippen molar-refractivity contribution in [1.29, 1.82) is 0 Å². The summed E-state index contributed by atoms with van der Waals surface area (Å²) in [6, 6.07) is 8.07. The maximum absolute atomic E-state index is 13.1. The normalized spacial score (nSPS) is 15.4. The van der Waals surface area contributed by atoms with Crippen molar-refractivity contribution < 1.29 is 23.9 Å². The van der Waals surface area contributed by atoms with Crippen LogP contribution in [0.2, 0.25) is 0 Å². The molecule has 2 aromatic carbocycles. The molecular formula is C22H21IN2O5. The number of aryl methyl sites for hydroxylation is 2. The highest BCUT2D eigenvalue weighted by atomic mass is 127. The first-order valence-corrected chi connectivity index (χ1v) is 10.3. The van der Waals surface area contributed by atoms with Crippen molar-refractivity contribution in [2.24, 2.45) is 0 Å². The minimum atomic E-state index is -0.772. The summed E-state index contributed by atoms with van der Waals surface area (Å²) < 4.78 is 11.8. The van der Waals surface area contributed by atoms with E-state index in [0.29, 0.717) is 29.4 Å². The number of imide groups is 2. The van der Waals surface area contributed by atoms with Crippen molar-refractivity contribution in [2.75, 3.05) is 18.6 Å². The highest BCUT2D eigenvalue weighted by Gasteiger charge is 2.37. The van der Waals surface area contributed by atoms with Crippen LogP contribution in [0, 0.1) is 17.4 Å². The third-order valence-corrected chi connectivity index (χ3v) is 5.22. The molecule has 0 aliphatic carbocycles. The van der Waals surface area contributed by atoms with E-state index in [-0.39, 0.29) is 5.57 Å². The number of barbiturate groups is 1. The molecule has 0 spiro atoms. The molecule has 0 aromatic heterocycles. The number of benzene rings is 2. The van der Waals surface area contributed by atoms with Gasteiger partial charge in [-0.05, 0) is 90.4 Å². The number of rotatable bonds is 5. The highest BCUT2D eigenvalue weighted by Crippen LogP contribution is 2.35. The molecule has 8 heteroatoms. The largest absolute Gasteiger partial charge is 0.493 e. The van der Waals surface area contributed by atoms with Crippen molar-refractivity contribution in [3.8, 4) is 11.5 Å². The lowest BCUT2D eigenvalue weighted by atomic mass is 10.0. The fraction of sp³-hybridized carbons (Fsp3) is 0.227. The van der Waals surface area contributed by atoms with Crippen molar-refractivity contribution in [2.45, 2.75) is 20.8 Å². The summed E-state index contributed by atoms with van der Waals surface area (Å²) in [6.45, 7) is 6.09. The SMILES string of the molecule is CCOc1c(I)cc(C=C2C(=O)NC(=O)N(c3cc(C)cc(C)c3)C2=O)cc1OC. The van der Waals surface area contributed by atoms with E-state index >= 15 is 0 Å². The van der Waals surface area contributed by atoms with Crippen LogP contribution in [-0.2, 0) is 9.59 Å². The second kappa shape index (κ2) is 8.86. The van der Waals surface area contributed by atoms with Crippen molar-refractivity contribution >= 4 is 52.2 Å². The van der Waals surface area contributed by atoms with Crippen LogP contribution in [0.1, 0.15) is 23.6 Å². The van der Waals surface area contributed by atoms with E-state index in [1.165, 1.54) is 13.2 Å². The highest BCUT2D eigenvalue weighted by molar-refractivity contribution is 14.1. The number of nitrogens with zero attached hydrogens (tertiary/aromatic N) is 1. The van der Waals surface area contributed by atoms with Gasteiger partial charge in [0.25, 0.3) is 11.8 Å². The van der Waals surface area contributed by atoms with Gasteiger partial charge in [0.1, 0.15) is 5.57 Å². The van der Waals surface area contributed by atoms with Gasteiger partial charge in [-0.25, -0.2) is 9.69 Å². The molecule has 0 bridgehead atoms. The molecule has 156 valence electrons. The maximum Gasteiger partial charge on any atom is 0.335 e. The number of anilines is 1.